The predicted octanol–water partition coefficient (Wildman–Crippen LogP) is 6.12. The van der Waals surface area contributed by atoms with Crippen LogP contribution in [0.25, 0.3) is 0 Å². The smallest absolute Gasteiger partial charge is 0.0357 e. The van der Waals surface area contributed by atoms with E-state index >= 15 is 0 Å². The first kappa shape index (κ1) is 16.4. The zero-order valence-corrected chi connectivity index (χ0v) is 15.2. The minimum atomic E-state index is 0.922. The second-order valence-electron chi connectivity index (χ2n) is 8.78. The Labute approximate surface area is 128 Å². The van der Waals surface area contributed by atoms with Gasteiger partial charge in [0.2, 0.25) is 0 Å². The molecule has 0 aromatic rings. The maximum absolute atomic E-state index is 2.52. The molecule has 10 atom stereocenters. The molecule has 2 saturated carbocycles. The summed E-state index contributed by atoms with van der Waals surface area (Å²) in [5, 5.41) is 0. The van der Waals surface area contributed by atoms with Gasteiger partial charge < -0.3 is 0 Å². The van der Waals surface area contributed by atoms with Crippen LogP contribution < -0.4 is 0 Å². The van der Waals surface area contributed by atoms with Gasteiger partial charge in [0.15, 0.2) is 0 Å². The molecule has 0 radical (unpaired) electrons. The largest absolute Gasteiger partial charge is 0.0620 e. The molecule has 2 aliphatic rings. The molecule has 0 aromatic heterocycles. The van der Waals surface area contributed by atoms with Gasteiger partial charge >= 0.3 is 0 Å². The second-order valence-corrected chi connectivity index (χ2v) is 8.78. The van der Waals surface area contributed by atoms with E-state index in [4.69, 9.17) is 0 Å². The first-order valence-electron chi connectivity index (χ1n) is 9.27. The Morgan fingerprint density at radius 2 is 0.550 bits per heavy atom. The average Bonchev–Trinajstić information content (AvgIpc) is 2.72. The van der Waals surface area contributed by atoms with Crippen molar-refractivity contribution in [2.24, 2.45) is 59.2 Å². The third-order valence-corrected chi connectivity index (χ3v) is 8.51. The summed E-state index contributed by atoms with van der Waals surface area (Å²) in [6.07, 6.45) is 2.96. The van der Waals surface area contributed by atoms with Gasteiger partial charge in [0.1, 0.15) is 0 Å². The van der Waals surface area contributed by atoms with Crippen molar-refractivity contribution in [1.29, 1.82) is 0 Å². The monoisotopic (exact) mass is 278 g/mol. The van der Waals surface area contributed by atoms with Crippen LogP contribution in [-0.4, -0.2) is 0 Å². The SMILES string of the molecule is CC1[C@H](C)C(CCC2[C@@H](C)C(C)[C@H](C)[C@@H]2C)[C@@H](C)[C@H]1C. The fourth-order valence-corrected chi connectivity index (χ4v) is 5.87. The fourth-order valence-electron chi connectivity index (χ4n) is 5.87. The van der Waals surface area contributed by atoms with Crippen LogP contribution in [0.15, 0.2) is 0 Å². The molecule has 2 aliphatic carbocycles. The Morgan fingerprint density at radius 1 is 0.350 bits per heavy atom. The summed E-state index contributed by atoms with van der Waals surface area (Å²) in [5.74, 6) is 9.37. The Bertz CT molecular complexity index is 260. The number of rotatable bonds is 3. The maximum atomic E-state index is 2.52. The van der Waals surface area contributed by atoms with Crippen LogP contribution in [0.4, 0.5) is 0 Å². The van der Waals surface area contributed by atoms with Gasteiger partial charge in [-0.3, -0.25) is 0 Å². The van der Waals surface area contributed by atoms with Crippen molar-refractivity contribution in [2.45, 2.75) is 68.2 Å². The van der Waals surface area contributed by atoms with Crippen LogP contribution in [0.3, 0.4) is 0 Å². The van der Waals surface area contributed by atoms with Crippen LogP contribution >= 0.6 is 0 Å². The second kappa shape index (κ2) is 6.01. The van der Waals surface area contributed by atoms with Gasteiger partial charge in [0.25, 0.3) is 0 Å². The normalized spacial score (nSPS) is 56.4. The van der Waals surface area contributed by atoms with Crippen LogP contribution in [0.1, 0.15) is 68.2 Å². The first-order valence-corrected chi connectivity index (χ1v) is 9.27. The maximum Gasteiger partial charge on any atom is -0.0357 e. The van der Waals surface area contributed by atoms with Crippen molar-refractivity contribution in [1.82, 2.24) is 0 Å². The van der Waals surface area contributed by atoms with Crippen LogP contribution in [0, 0.1) is 59.2 Å². The highest BCUT2D eigenvalue weighted by Gasteiger charge is 2.44. The van der Waals surface area contributed by atoms with E-state index in [1.54, 1.807) is 0 Å². The lowest BCUT2D eigenvalue weighted by atomic mass is 9.79. The zero-order valence-electron chi connectivity index (χ0n) is 15.2. The number of hydrogen-bond donors (Lipinski definition) is 0. The van der Waals surface area contributed by atoms with Gasteiger partial charge in [-0.15, -0.1) is 0 Å². The van der Waals surface area contributed by atoms with Crippen molar-refractivity contribution in [3.8, 4) is 0 Å². The van der Waals surface area contributed by atoms with Gasteiger partial charge in [-0.2, -0.15) is 0 Å². The lowest BCUT2D eigenvalue weighted by Crippen LogP contribution is -2.18. The summed E-state index contributed by atoms with van der Waals surface area (Å²) in [6, 6.07) is 0. The van der Waals surface area contributed by atoms with Crippen LogP contribution in [0.5, 0.6) is 0 Å². The molecule has 0 spiro atoms. The molecule has 20 heavy (non-hydrogen) atoms. The molecular formula is C20H38. The molecule has 2 rings (SSSR count). The van der Waals surface area contributed by atoms with Crippen molar-refractivity contribution in [3.63, 3.8) is 0 Å². The average molecular weight is 279 g/mol. The lowest BCUT2D eigenvalue weighted by molar-refractivity contribution is 0.228. The molecule has 0 aliphatic heterocycles. The van der Waals surface area contributed by atoms with Gasteiger partial charge in [0.05, 0.1) is 0 Å². The molecule has 118 valence electrons. The highest BCUT2D eigenvalue weighted by Crippen LogP contribution is 2.51. The number of hydrogen-bond acceptors (Lipinski definition) is 0. The lowest BCUT2D eigenvalue weighted by Gasteiger charge is -2.27. The van der Waals surface area contributed by atoms with Crippen molar-refractivity contribution in [3.05, 3.63) is 0 Å². The predicted molar refractivity (Wildman–Crippen MR) is 89.5 cm³/mol. The molecular weight excluding hydrogens is 240 g/mol. The molecule has 0 N–H and O–H groups in total. The summed E-state index contributed by atoms with van der Waals surface area (Å²) in [5.41, 5.74) is 0. The van der Waals surface area contributed by atoms with Crippen LogP contribution in [0.2, 0.25) is 0 Å². The summed E-state index contributed by atoms with van der Waals surface area (Å²) >= 11 is 0. The highest BCUT2D eigenvalue weighted by atomic mass is 14.5. The van der Waals surface area contributed by atoms with Gasteiger partial charge in [-0.1, -0.05) is 55.4 Å². The Hall–Kier alpha value is 0. The van der Waals surface area contributed by atoms with Gasteiger partial charge in [-0.25, -0.2) is 0 Å². The van der Waals surface area contributed by atoms with Crippen molar-refractivity contribution in [2.75, 3.05) is 0 Å². The summed E-state index contributed by atoms with van der Waals surface area (Å²) in [6.45, 7) is 20.0. The van der Waals surface area contributed by atoms with E-state index in [-0.39, 0.29) is 0 Å². The molecule has 0 bridgehead atoms. The Balaban J connectivity index is 1.96. The molecule has 0 heteroatoms. The molecule has 4 unspecified atom stereocenters. The van der Waals surface area contributed by atoms with E-state index in [9.17, 15) is 0 Å². The quantitative estimate of drug-likeness (QED) is 0.584. The van der Waals surface area contributed by atoms with Crippen molar-refractivity contribution >= 4 is 0 Å². The summed E-state index contributed by atoms with van der Waals surface area (Å²) < 4.78 is 0. The Kier molecular flexibility index (Phi) is 4.92. The van der Waals surface area contributed by atoms with Gasteiger partial charge in [0, 0.05) is 0 Å². The van der Waals surface area contributed by atoms with E-state index < -0.39 is 0 Å². The topological polar surface area (TPSA) is 0 Å². The van der Waals surface area contributed by atoms with Crippen LogP contribution in [-0.2, 0) is 0 Å². The minimum absolute atomic E-state index is 0.922. The molecule has 0 heterocycles. The fraction of sp³-hybridized carbons (Fsp3) is 1.00. The molecule has 0 nitrogen and oxygen atoms in total. The summed E-state index contributed by atoms with van der Waals surface area (Å²) in [4.78, 5) is 0. The minimum Gasteiger partial charge on any atom is -0.0620 e. The highest BCUT2D eigenvalue weighted by molar-refractivity contribution is 4.93. The van der Waals surface area contributed by atoms with E-state index in [0.717, 1.165) is 59.2 Å². The van der Waals surface area contributed by atoms with Crippen molar-refractivity contribution < 1.29 is 0 Å². The molecule has 2 fully saturated rings. The van der Waals surface area contributed by atoms with E-state index in [1.807, 2.05) is 0 Å². The third kappa shape index (κ3) is 2.57. The zero-order chi connectivity index (χ0) is 15.2. The first-order chi connectivity index (χ1) is 9.27. The third-order valence-electron chi connectivity index (χ3n) is 8.51. The standard InChI is InChI=1S/C20H38/c1-11-12(2)16(6)19(15(11)5)9-10-20-17(7)13(3)14(4)18(20)8/h11-20H,9-10H2,1-8H3/t11-,12?,13-,14?,15-,16-,17-,18-,19?,20?/m0/s1. The van der Waals surface area contributed by atoms with E-state index in [1.165, 1.54) is 12.8 Å². The van der Waals surface area contributed by atoms with E-state index in [2.05, 4.69) is 55.4 Å². The van der Waals surface area contributed by atoms with E-state index in [0.29, 0.717) is 0 Å². The molecule has 0 amide bonds. The molecule has 0 aromatic carbocycles. The van der Waals surface area contributed by atoms with Gasteiger partial charge in [-0.05, 0) is 72.0 Å². The summed E-state index contributed by atoms with van der Waals surface area (Å²) in [7, 11) is 0. The Morgan fingerprint density at radius 3 is 0.750 bits per heavy atom. The molecule has 0 saturated heterocycles.